The van der Waals surface area contributed by atoms with Crippen molar-refractivity contribution < 1.29 is 9.84 Å². The molecule has 1 heterocycles. The van der Waals surface area contributed by atoms with E-state index in [4.69, 9.17) is 22.1 Å². The molecule has 0 radical (unpaired) electrons. The van der Waals surface area contributed by atoms with Crippen molar-refractivity contribution in [3.05, 3.63) is 87.4 Å². The van der Waals surface area contributed by atoms with Gasteiger partial charge in [0.05, 0.1) is 11.5 Å². The Morgan fingerprint density at radius 3 is 2.63 bits per heavy atom. The summed E-state index contributed by atoms with van der Waals surface area (Å²) in [4.78, 5) is 1.08. The highest BCUT2D eigenvalue weighted by molar-refractivity contribution is 7.14. The summed E-state index contributed by atoms with van der Waals surface area (Å²) in [5, 5.41) is 12.3. The Bertz CT molecular complexity index is 982. The molecule has 0 fully saturated rings. The minimum Gasteiger partial charge on any atom is -0.487 e. The third kappa shape index (κ3) is 5.88. The summed E-state index contributed by atoms with van der Waals surface area (Å²) in [6, 6.07) is 18.4. The van der Waals surface area contributed by atoms with Crippen LogP contribution in [0.5, 0.6) is 5.75 Å². The second kappa shape index (κ2) is 11.2. The Labute approximate surface area is 187 Å². The molecular formula is C25H28ClNO2S. The first-order valence-electron chi connectivity index (χ1n) is 10.2. The lowest BCUT2D eigenvalue weighted by molar-refractivity contribution is 0.309. The average molecular weight is 442 g/mol. The molecule has 0 aliphatic rings. The van der Waals surface area contributed by atoms with E-state index in [0.717, 1.165) is 69.3 Å². The first kappa shape index (κ1) is 22.4. The van der Waals surface area contributed by atoms with Crippen LogP contribution in [0.15, 0.2) is 71.2 Å². The maximum absolute atomic E-state index is 9.49. The number of allylic oxidation sites excluding steroid dienone is 1. The number of rotatable bonds is 10. The standard InChI is InChI=1S/C25H28ClNO2S/c1-2-23(27)21(16-28)10-6-9-19-11-12-20(15-22(19)26)25-24(13-14-30-25)29-17-18-7-4-3-5-8-18/h3-5,7-8,11-15,28H,2,6,9-10,16-17,27H2,1H3. The molecule has 158 valence electrons. The number of aryl methyl sites for hydroxylation is 1. The number of ether oxygens (including phenoxy) is 1. The fourth-order valence-electron chi connectivity index (χ4n) is 3.33. The molecule has 0 saturated carbocycles. The molecule has 3 rings (SSSR count). The minimum absolute atomic E-state index is 0.0243. The topological polar surface area (TPSA) is 55.5 Å². The van der Waals surface area contributed by atoms with Crippen molar-refractivity contribution in [2.24, 2.45) is 5.73 Å². The molecule has 0 amide bonds. The summed E-state index contributed by atoms with van der Waals surface area (Å²) in [5.74, 6) is 0.875. The third-order valence-corrected chi connectivity index (χ3v) is 6.43. The van der Waals surface area contributed by atoms with Gasteiger partial charge in [-0.2, -0.15) is 0 Å². The third-order valence-electron chi connectivity index (χ3n) is 5.13. The molecule has 0 bridgehead atoms. The number of hydrogen-bond donors (Lipinski definition) is 2. The van der Waals surface area contributed by atoms with Crippen LogP contribution in [0.1, 0.15) is 37.3 Å². The number of nitrogens with two attached hydrogens (primary N) is 1. The number of aliphatic hydroxyl groups is 1. The molecule has 3 N–H and O–H groups in total. The molecule has 0 unspecified atom stereocenters. The van der Waals surface area contributed by atoms with E-state index in [1.54, 1.807) is 11.3 Å². The Morgan fingerprint density at radius 2 is 1.93 bits per heavy atom. The van der Waals surface area contributed by atoms with Gasteiger partial charge in [-0.25, -0.2) is 0 Å². The average Bonchev–Trinajstić information content (AvgIpc) is 3.25. The zero-order valence-corrected chi connectivity index (χ0v) is 18.8. The summed E-state index contributed by atoms with van der Waals surface area (Å²) in [5.41, 5.74) is 11.0. The molecule has 3 nitrogen and oxygen atoms in total. The van der Waals surface area contributed by atoms with Gasteiger partial charge in [-0.05, 0) is 65.5 Å². The van der Waals surface area contributed by atoms with Crippen LogP contribution in [0.2, 0.25) is 5.02 Å². The van der Waals surface area contributed by atoms with E-state index in [1.165, 1.54) is 0 Å². The van der Waals surface area contributed by atoms with Crippen molar-refractivity contribution in [3.63, 3.8) is 0 Å². The van der Waals surface area contributed by atoms with Gasteiger partial charge < -0.3 is 15.6 Å². The summed E-state index contributed by atoms with van der Waals surface area (Å²) in [6.45, 7) is 2.57. The van der Waals surface area contributed by atoms with Crippen molar-refractivity contribution in [1.29, 1.82) is 0 Å². The van der Waals surface area contributed by atoms with Gasteiger partial charge >= 0.3 is 0 Å². The minimum atomic E-state index is 0.0243. The smallest absolute Gasteiger partial charge is 0.138 e. The van der Waals surface area contributed by atoms with Crippen LogP contribution < -0.4 is 10.5 Å². The van der Waals surface area contributed by atoms with Crippen LogP contribution in [-0.4, -0.2) is 11.7 Å². The predicted octanol–water partition coefficient (Wildman–Crippen LogP) is 6.59. The fourth-order valence-corrected chi connectivity index (χ4v) is 4.44. The summed E-state index contributed by atoms with van der Waals surface area (Å²) >= 11 is 8.24. The van der Waals surface area contributed by atoms with Crippen molar-refractivity contribution in [1.82, 2.24) is 0 Å². The summed E-state index contributed by atoms with van der Waals surface area (Å²) in [6.07, 6.45) is 3.30. The van der Waals surface area contributed by atoms with Crippen molar-refractivity contribution in [3.8, 4) is 16.2 Å². The maximum atomic E-state index is 9.49. The Hall–Kier alpha value is -2.27. The maximum Gasteiger partial charge on any atom is 0.138 e. The van der Waals surface area contributed by atoms with Gasteiger partial charge in [0.1, 0.15) is 12.4 Å². The molecule has 5 heteroatoms. The first-order valence-corrected chi connectivity index (χ1v) is 11.5. The quantitative estimate of drug-likeness (QED) is 0.373. The van der Waals surface area contributed by atoms with Crippen LogP contribution in [0.25, 0.3) is 10.4 Å². The molecule has 0 aliphatic heterocycles. The molecule has 2 aromatic carbocycles. The number of benzene rings is 2. The SMILES string of the molecule is CCC(N)=C(CO)CCCc1ccc(-c2sccc2OCc2ccccc2)cc1Cl. The molecule has 1 aromatic heterocycles. The molecular weight excluding hydrogens is 414 g/mol. The lowest BCUT2D eigenvalue weighted by Gasteiger charge is -2.11. The summed E-state index contributed by atoms with van der Waals surface area (Å²) < 4.78 is 6.05. The van der Waals surface area contributed by atoms with Gasteiger partial charge in [0.2, 0.25) is 0 Å². The molecule has 0 spiro atoms. The molecule has 3 aromatic rings. The van der Waals surface area contributed by atoms with Crippen LogP contribution in [0, 0.1) is 0 Å². The number of aliphatic hydroxyl groups excluding tert-OH is 1. The fraction of sp³-hybridized carbons (Fsp3) is 0.280. The van der Waals surface area contributed by atoms with E-state index < -0.39 is 0 Å². The van der Waals surface area contributed by atoms with Crippen LogP contribution in [-0.2, 0) is 13.0 Å². The van der Waals surface area contributed by atoms with Crippen LogP contribution in [0.3, 0.4) is 0 Å². The monoisotopic (exact) mass is 441 g/mol. The van der Waals surface area contributed by atoms with E-state index in [-0.39, 0.29) is 6.61 Å². The largest absolute Gasteiger partial charge is 0.487 e. The van der Waals surface area contributed by atoms with Gasteiger partial charge in [0, 0.05) is 10.7 Å². The Kier molecular flexibility index (Phi) is 8.38. The predicted molar refractivity (Wildman–Crippen MR) is 127 cm³/mol. The molecule has 0 atom stereocenters. The lowest BCUT2D eigenvalue weighted by Crippen LogP contribution is -2.05. The zero-order chi connectivity index (χ0) is 21.3. The van der Waals surface area contributed by atoms with E-state index in [0.29, 0.717) is 6.61 Å². The van der Waals surface area contributed by atoms with Gasteiger partial charge in [-0.15, -0.1) is 11.3 Å². The van der Waals surface area contributed by atoms with Crippen molar-refractivity contribution in [2.45, 2.75) is 39.2 Å². The van der Waals surface area contributed by atoms with Gasteiger partial charge in [0.15, 0.2) is 0 Å². The van der Waals surface area contributed by atoms with Gasteiger partial charge in [0.25, 0.3) is 0 Å². The Balaban J connectivity index is 1.65. The highest BCUT2D eigenvalue weighted by Gasteiger charge is 2.11. The second-order valence-corrected chi connectivity index (χ2v) is 8.51. The van der Waals surface area contributed by atoms with Gasteiger partial charge in [-0.3, -0.25) is 0 Å². The summed E-state index contributed by atoms with van der Waals surface area (Å²) in [7, 11) is 0. The van der Waals surface area contributed by atoms with Crippen LogP contribution >= 0.6 is 22.9 Å². The van der Waals surface area contributed by atoms with Crippen LogP contribution in [0.4, 0.5) is 0 Å². The highest BCUT2D eigenvalue weighted by Crippen LogP contribution is 2.38. The molecule has 0 saturated heterocycles. The van der Waals surface area contributed by atoms with E-state index in [1.807, 2.05) is 42.6 Å². The highest BCUT2D eigenvalue weighted by atomic mass is 35.5. The van der Waals surface area contributed by atoms with E-state index in [9.17, 15) is 5.11 Å². The first-order chi connectivity index (χ1) is 14.6. The second-order valence-electron chi connectivity index (χ2n) is 7.19. The number of thiophene rings is 1. The van der Waals surface area contributed by atoms with Gasteiger partial charge in [-0.1, -0.05) is 61.0 Å². The molecule has 0 aliphatic carbocycles. The normalized spacial score (nSPS) is 12.0. The van der Waals surface area contributed by atoms with E-state index >= 15 is 0 Å². The number of hydrogen-bond acceptors (Lipinski definition) is 4. The zero-order valence-electron chi connectivity index (χ0n) is 17.2. The Morgan fingerprint density at radius 1 is 1.13 bits per heavy atom. The lowest BCUT2D eigenvalue weighted by atomic mass is 10.0. The van der Waals surface area contributed by atoms with E-state index in [2.05, 4.69) is 24.3 Å². The molecule has 30 heavy (non-hydrogen) atoms. The van der Waals surface area contributed by atoms with Crippen molar-refractivity contribution >= 4 is 22.9 Å². The number of halogens is 1. The van der Waals surface area contributed by atoms with Crippen molar-refractivity contribution in [2.75, 3.05) is 6.61 Å².